The highest BCUT2D eigenvalue weighted by Crippen LogP contribution is 2.27. The second-order valence-electron chi connectivity index (χ2n) is 12.2. The molecule has 4 aromatic carbocycles. The van der Waals surface area contributed by atoms with Gasteiger partial charge in [-0.3, -0.25) is 13.9 Å². The molecular formula is C37H42BrN3O4S. The minimum atomic E-state index is -4.16. The van der Waals surface area contributed by atoms with Crippen LogP contribution in [0.25, 0.3) is 0 Å². The van der Waals surface area contributed by atoms with Gasteiger partial charge in [0.05, 0.1) is 10.6 Å². The summed E-state index contributed by atoms with van der Waals surface area (Å²) >= 11 is 3.47. The number of benzene rings is 4. The monoisotopic (exact) mass is 703 g/mol. The van der Waals surface area contributed by atoms with Gasteiger partial charge >= 0.3 is 0 Å². The SMILES string of the molecule is Cc1ccc(S(=O)(=O)N(CC(=O)N(Cc2ccc(Br)cc2)C(Cc2ccccc2)C(=O)NCC(C)C)c2cc(C)cc(C)c2)cc1. The van der Waals surface area contributed by atoms with Gasteiger partial charge in [-0.15, -0.1) is 0 Å². The van der Waals surface area contributed by atoms with Crippen molar-refractivity contribution in [1.29, 1.82) is 0 Å². The molecule has 0 fully saturated rings. The molecule has 0 saturated heterocycles. The second kappa shape index (κ2) is 15.6. The van der Waals surface area contributed by atoms with Crippen molar-refractivity contribution in [2.75, 3.05) is 17.4 Å². The van der Waals surface area contributed by atoms with Crippen LogP contribution in [0, 0.1) is 26.7 Å². The highest BCUT2D eigenvalue weighted by molar-refractivity contribution is 9.10. The third kappa shape index (κ3) is 9.30. The summed E-state index contributed by atoms with van der Waals surface area (Å²) in [5, 5.41) is 3.02. The lowest BCUT2D eigenvalue weighted by Gasteiger charge is -2.34. The molecule has 1 N–H and O–H groups in total. The van der Waals surface area contributed by atoms with Crippen LogP contribution in [0.3, 0.4) is 0 Å². The Kier molecular flexibility index (Phi) is 11.8. The number of rotatable bonds is 13. The van der Waals surface area contributed by atoms with Crippen molar-refractivity contribution in [3.8, 4) is 0 Å². The molecule has 2 amide bonds. The summed E-state index contributed by atoms with van der Waals surface area (Å²) in [6.45, 7) is 9.76. The van der Waals surface area contributed by atoms with Crippen molar-refractivity contribution in [3.63, 3.8) is 0 Å². The van der Waals surface area contributed by atoms with E-state index in [4.69, 9.17) is 0 Å². The van der Waals surface area contributed by atoms with Crippen LogP contribution in [0.4, 0.5) is 5.69 Å². The molecular weight excluding hydrogens is 662 g/mol. The van der Waals surface area contributed by atoms with Crippen molar-refractivity contribution in [1.82, 2.24) is 10.2 Å². The Labute approximate surface area is 281 Å². The highest BCUT2D eigenvalue weighted by atomic mass is 79.9. The zero-order valence-corrected chi connectivity index (χ0v) is 29.4. The van der Waals surface area contributed by atoms with Crippen LogP contribution in [-0.2, 0) is 32.6 Å². The van der Waals surface area contributed by atoms with Crippen molar-refractivity contribution in [3.05, 3.63) is 129 Å². The molecule has 0 heterocycles. The predicted molar refractivity (Wildman–Crippen MR) is 188 cm³/mol. The van der Waals surface area contributed by atoms with Gasteiger partial charge in [-0.1, -0.05) is 96.0 Å². The van der Waals surface area contributed by atoms with Gasteiger partial charge in [0.2, 0.25) is 11.8 Å². The number of sulfonamides is 1. The Morgan fingerprint density at radius 1 is 0.783 bits per heavy atom. The van der Waals surface area contributed by atoms with Crippen LogP contribution in [0.5, 0.6) is 0 Å². The van der Waals surface area contributed by atoms with Gasteiger partial charge in [0.25, 0.3) is 10.0 Å². The van der Waals surface area contributed by atoms with E-state index in [9.17, 15) is 18.0 Å². The molecule has 1 atom stereocenters. The quantitative estimate of drug-likeness (QED) is 0.163. The standard InChI is InChI=1S/C37H42BrN3O4S/c1-26(2)23-39-37(43)35(22-30-9-7-6-8-10-30)40(24-31-13-15-32(38)16-14-31)36(42)25-41(33-20-28(4)19-29(5)21-33)46(44,45)34-17-11-27(3)12-18-34/h6-21,26,35H,22-25H2,1-5H3,(H,39,43). The molecule has 9 heteroatoms. The summed E-state index contributed by atoms with van der Waals surface area (Å²) in [4.78, 5) is 30.1. The van der Waals surface area contributed by atoms with Gasteiger partial charge < -0.3 is 10.2 Å². The zero-order valence-electron chi connectivity index (χ0n) is 27.0. The summed E-state index contributed by atoms with van der Waals surface area (Å²) in [6, 6.07) is 28.3. The summed E-state index contributed by atoms with van der Waals surface area (Å²) in [5.41, 5.74) is 4.75. The van der Waals surface area contributed by atoms with Crippen molar-refractivity contribution in [2.45, 2.75) is 58.5 Å². The normalized spacial score (nSPS) is 12.1. The average molecular weight is 705 g/mol. The van der Waals surface area contributed by atoms with Crippen LogP contribution < -0.4 is 9.62 Å². The lowest BCUT2D eigenvalue weighted by atomic mass is 10.0. The minimum absolute atomic E-state index is 0.0834. The number of carbonyl (C=O) groups excluding carboxylic acids is 2. The summed E-state index contributed by atoms with van der Waals surface area (Å²) < 4.78 is 30.6. The molecule has 242 valence electrons. The number of carbonyl (C=O) groups is 2. The molecule has 4 rings (SSSR count). The zero-order chi connectivity index (χ0) is 33.4. The van der Waals surface area contributed by atoms with Crippen LogP contribution >= 0.6 is 15.9 Å². The minimum Gasteiger partial charge on any atom is -0.354 e. The van der Waals surface area contributed by atoms with Gasteiger partial charge in [-0.2, -0.15) is 0 Å². The molecule has 7 nitrogen and oxygen atoms in total. The first-order valence-electron chi connectivity index (χ1n) is 15.4. The van der Waals surface area contributed by atoms with E-state index in [2.05, 4.69) is 21.2 Å². The Hall–Kier alpha value is -3.95. The van der Waals surface area contributed by atoms with E-state index in [1.807, 2.05) is 95.3 Å². The molecule has 0 aliphatic heterocycles. The number of amides is 2. The van der Waals surface area contributed by atoms with E-state index in [0.29, 0.717) is 12.2 Å². The number of anilines is 1. The average Bonchev–Trinajstić information content (AvgIpc) is 3.01. The molecule has 0 aliphatic carbocycles. The van der Waals surface area contributed by atoms with E-state index >= 15 is 0 Å². The van der Waals surface area contributed by atoms with Crippen LogP contribution in [0.2, 0.25) is 0 Å². The first-order chi connectivity index (χ1) is 21.8. The third-order valence-corrected chi connectivity index (χ3v) is 9.92. The summed E-state index contributed by atoms with van der Waals surface area (Å²) in [5.74, 6) is -0.572. The fraction of sp³-hybridized carbons (Fsp3) is 0.297. The number of nitrogens with one attached hydrogen (secondary N) is 1. The lowest BCUT2D eigenvalue weighted by molar-refractivity contribution is -0.140. The third-order valence-electron chi connectivity index (χ3n) is 7.60. The van der Waals surface area contributed by atoms with E-state index in [0.717, 1.165) is 32.3 Å². The van der Waals surface area contributed by atoms with Crippen molar-refractivity contribution >= 4 is 43.5 Å². The second-order valence-corrected chi connectivity index (χ2v) is 14.9. The molecule has 4 aromatic rings. The van der Waals surface area contributed by atoms with E-state index < -0.39 is 28.5 Å². The van der Waals surface area contributed by atoms with Crippen molar-refractivity contribution < 1.29 is 18.0 Å². The van der Waals surface area contributed by atoms with E-state index in [1.165, 1.54) is 9.21 Å². The fourth-order valence-electron chi connectivity index (χ4n) is 5.22. The maximum Gasteiger partial charge on any atom is 0.264 e. The molecule has 0 aromatic heterocycles. The van der Waals surface area contributed by atoms with Crippen LogP contribution in [0.15, 0.2) is 106 Å². The van der Waals surface area contributed by atoms with Gasteiger partial charge in [-0.05, 0) is 85.3 Å². The van der Waals surface area contributed by atoms with E-state index in [-0.39, 0.29) is 29.7 Å². The lowest BCUT2D eigenvalue weighted by Crippen LogP contribution is -2.53. The van der Waals surface area contributed by atoms with Gasteiger partial charge in [0, 0.05) is 24.0 Å². The van der Waals surface area contributed by atoms with Crippen LogP contribution in [0.1, 0.15) is 41.7 Å². The smallest absolute Gasteiger partial charge is 0.264 e. The number of aryl methyl sites for hydroxylation is 3. The largest absolute Gasteiger partial charge is 0.354 e. The first kappa shape index (κ1) is 34.9. The number of hydrogen-bond acceptors (Lipinski definition) is 4. The van der Waals surface area contributed by atoms with Crippen molar-refractivity contribution in [2.24, 2.45) is 5.92 Å². The predicted octanol–water partition coefficient (Wildman–Crippen LogP) is 6.98. The maximum atomic E-state index is 14.6. The molecule has 0 saturated carbocycles. The maximum absolute atomic E-state index is 14.6. The molecule has 0 bridgehead atoms. The van der Waals surface area contributed by atoms with Gasteiger partial charge in [-0.25, -0.2) is 8.42 Å². The Morgan fingerprint density at radius 3 is 1.98 bits per heavy atom. The summed E-state index contributed by atoms with van der Waals surface area (Å²) in [7, 11) is -4.16. The van der Waals surface area contributed by atoms with E-state index in [1.54, 1.807) is 36.4 Å². The number of nitrogens with zero attached hydrogens (tertiary/aromatic N) is 2. The van der Waals surface area contributed by atoms with Crippen LogP contribution in [-0.4, -0.2) is 44.3 Å². The van der Waals surface area contributed by atoms with Gasteiger partial charge in [0.15, 0.2) is 0 Å². The molecule has 0 aliphatic rings. The fourth-order valence-corrected chi connectivity index (χ4v) is 6.89. The topological polar surface area (TPSA) is 86.8 Å². The Morgan fingerprint density at radius 2 is 1.39 bits per heavy atom. The Balaban J connectivity index is 1.82. The van der Waals surface area contributed by atoms with Gasteiger partial charge in [0.1, 0.15) is 12.6 Å². The Bertz CT molecular complexity index is 1720. The molecule has 0 spiro atoms. The molecule has 46 heavy (non-hydrogen) atoms. The summed E-state index contributed by atoms with van der Waals surface area (Å²) in [6.07, 6.45) is 0.265. The number of hydrogen-bond donors (Lipinski definition) is 1. The number of halogens is 1. The molecule has 1 unspecified atom stereocenters. The highest BCUT2D eigenvalue weighted by Gasteiger charge is 2.34. The molecule has 0 radical (unpaired) electrons. The first-order valence-corrected chi connectivity index (χ1v) is 17.6.